The van der Waals surface area contributed by atoms with E-state index >= 15 is 0 Å². The number of benzene rings is 1. The molecule has 2 N–H and O–H groups in total. The van der Waals surface area contributed by atoms with Gasteiger partial charge in [-0.1, -0.05) is 23.7 Å². The van der Waals surface area contributed by atoms with E-state index in [1.165, 1.54) is 0 Å². The fraction of sp³-hybridized carbons (Fsp3) is 0.308. The maximum atomic E-state index is 5.92. The van der Waals surface area contributed by atoms with Gasteiger partial charge in [-0.05, 0) is 24.6 Å². The van der Waals surface area contributed by atoms with E-state index in [-0.39, 0.29) is 0 Å². The molecule has 0 aliphatic rings. The molecule has 18 heavy (non-hydrogen) atoms. The molecule has 5 heteroatoms. The molecule has 1 heterocycles. The smallest absolute Gasteiger partial charge is 0.119 e. The summed E-state index contributed by atoms with van der Waals surface area (Å²) in [6.07, 6.45) is 1.65. The predicted octanol–water partition coefficient (Wildman–Crippen LogP) is 2.38. The van der Waals surface area contributed by atoms with Crippen LogP contribution in [0.3, 0.4) is 0 Å². The number of ether oxygens (including phenoxy) is 1. The number of aromatic nitrogens is 2. The molecular formula is C13H16ClN3O. The molecule has 0 aliphatic carbocycles. The molecule has 0 atom stereocenters. The standard InChI is InChI=1S/C13H16ClN3O/c1-10-13(14)9-16-17(10)6-7-18-12-4-2-11(8-15)3-5-12/h2-5,9H,6-8,15H2,1H3. The first-order valence-electron chi connectivity index (χ1n) is 5.80. The zero-order valence-corrected chi connectivity index (χ0v) is 11.0. The average molecular weight is 266 g/mol. The zero-order valence-electron chi connectivity index (χ0n) is 10.3. The van der Waals surface area contributed by atoms with E-state index in [4.69, 9.17) is 22.1 Å². The summed E-state index contributed by atoms with van der Waals surface area (Å²) in [5.74, 6) is 0.836. The maximum absolute atomic E-state index is 5.92. The highest BCUT2D eigenvalue weighted by Gasteiger charge is 2.03. The summed E-state index contributed by atoms with van der Waals surface area (Å²) in [5, 5.41) is 4.84. The van der Waals surface area contributed by atoms with E-state index in [0.29, 0.717) is 24.7 Å². The third-order valence-electron chi connectivity index (χ3n) is 2.77. The molecule has 1 aromatic heterocycles. The molecule has 0 bridgehead atoms. The zero-order chi connectivity index (χ0) is 13.0. The minimum absolute atomic E-state index is 0.547. The number of nitrogens with two attached hydrogens (primary N) is 1. The molecule has 0 fully saturated rings. The number of hydrogen-bond donors (Lipinski definition) is 1. The monoisotopic (exact) mass is 265 g/mol. The number of nitrogens with zero attached hydrogens (tertiary/aromatic N) is 2. The van der Waals surface area contributed by atoms with Crippen LogP contribution in [0.2, 0.25) is 5.02 Å². The lowest BCUT2D eigenvalue weighted by atomic mass is 10.2. The van der Waals surface area contributed by atoms with E-state index < -0.39 is 0 Å². The Labute approximate surface area is 111 Å². The first-order chi connectivity index (χ1) is 8.70. The molecule has 2 rings (SSSR count). The van der Waals surface area contributed by atoms with E-state index in [9.17, 15) is 0 Å². The quantitative estimate of drug-likeness (QED) is 0.903. The molecule has 96 valence electrons. The fourth-order valence-electron chi connectivity index (χ4n) is 1.62. The minimum Gasteiger partial charge on any atom is -0.492 e. The van der Waals surface area contributed by atoms with Gasteiger partial charge in [-0.3, -0.25) is 4.68 Å². The summed E-state index contributed by atoms with van der Waals surface area (Å²) in [6, 6.07) is 7.77. The molecule has 0 radical (unpaired) electrons. The highest BCUT2D eigenvalue weighted by Crippen LogP contribution is 2.14. The Morgan fingerprint density at radius 2 is 2.06 bits per heavy atom. The molecule has 0 unspecified atom stereocenters. The van der Waals surface area contributed by atoms with Crippen LogP contribution in [0.1, 0.15) is 11.3 Å². The highest BCUT2D eigenvalue weighted by molar-refractivity contribution is 6.31. The van der Waals surface area contributed by atoms with Crippen LogP contribution in [-0.4, -0.2) is 16.4 Å². The normalized spacial score (nSPS) is 10.6. The number of hydrogen-bond acceptors (Lipinski definition) is 3. The van der Waals surface area contributed by atoms with Crippen LogP contribution in [0, 0.1) is 6.92 Å². The molecule has 0 saturated heterocycles. The van der Waals surface area contributed by atoms with Gasteiger partial charge in [-0.15, -0.1) is 0 Å². The van der Waals surface area contributed by atoms with E-state index in [1.54, 1.807) is 6.20 Å². The molecular weight excluding hydrogens is 250 g/mol. The van der Waals surface area contributed by atoms with Crippen molar-refractivity contribution in [1.82, 2.24) is 9.78 Å². The Bertz CT molecular complexity index is 507. The Hall–Kier alpha value is -1.52. The number of rotatable bonds is 5. The second-order valence-electron chi connectivity index (χ2n) is 4.00. The summed E-state index contributed by atoms with van der Waals surface area (Å²) >= 11 is 5.92. The molecule has 2 aromatic rings. The van der Waals surface area contributed by atoms with Crippen molar-refractivity contribution in [3.8, 4) is 5.75 Å². The second-order valence-corrected chi connectivity index (χ2v) is 4.40. The summed E-state index contributed by atoms with van der Waals surface area (Å²) in [4.78, 5) is 0. The first-order valence-corrected chi connectivity index (χ1v) is 6.18. The van der Waals surface area contributed by atoms with Gasteiger partial charge in [0.15, 0.2) is 0 Å². The van der Waals surface area contributed by atoms with Gasteiger partial charge in [0.1, 0.15) is 12.4 Å². The molecule has 0 saturated carbocycles. The van der Waals surface area contributed by atoms with Gasteiger partial charge in [0.25, 0.3) is 0 Å². The lowest BCUT2D eigenvalue weighted by Crippen LogP contribution is -2.10. The van der Waals surface area contributed by atoms with Crippen molar-refractivity contribution in [2.75, 3.05) is 6.61 Å². The molecule has 4 nitrogen and oxygen atoms in total. The fourth-order valence-corrected chi connectivity index (χ4v) is 1.76. The highest BCUT2D eigenvalue weighted by atomic mass is 35.5. The summed E-state index contributed by atoms with van der Waals surface area (Å²) in [6.45, 7) is 3.72. The van der Waals surface area contributed by atoms with Gasteiger partial charge in [0.05, 0.1) is 23.5 Å². The molecule has 1 aromatic carbocycles. The van der Waals surface area contributed by atoms with Gasteiger partial charge >= 0.3 is 0 Å². The van der Waals surface area contributed by atoms with Crippen molar-refractivity contribution in [3.05, 3.63) is 46.7 Å². The van der Waals surface area contributed by atoms with Crippen molar-refractivity contribution >= 4 is 11.6 Å². The molecule has 0 spiro atoms. The van der Waals surface area contributed by atoms with Crippen molar-refractivity contribution in [2.24, 2.45) is 5.73 Å². The van der Waals surface area contributed by atoms with Gasteiger partial charge in [-0.2, -0.15) is 5.10 Å². The third-order valence-corrected chi connectivity index (χ3v) is 3.15. The van der Waals surface area contributed by atoms with Crippen LogP contribution >= 0.6 is 11.6 Å². The average Bonchev–Trinajstić information content (AvgIpc) is 2.71. The van der Waals surface area contributed by atoms with E-state index in [1.807, 2.05) is 35.9 Å². The van der Waals surface area contributed by atoms with Crippen molar-refractivity contribution in [1.29, 1.82) is 0 Å². The number of halogens is 1. The lowest BCUT2D eigenvalue weighted by molar-refractivity contribution is 0.290. The Morgan fingerprint density at radius 1 is 1.33 bits per heavy atom. The van der Waals surface area contributed by atoms with Crippen LogP contribution in [0.4, 0.5) is 0 Å². The van der Waals surface area contributed by atoms with Crippen molar-refractivity contribution < 1.29 is 4.74 Å². The first kappa shape index (κ1) is 12.9. The second kappa shape index (κ2) is 5.89. The maximum Gasteiger partial charge on any atom is 0.119 e. The van der Waals surface area contributed by atoms with E-state index in [2.05, 4.69) is 5.10 Å². The third kappa shape index (κ3) is 3.03. The largest absolute Gasteiger partial charge is 0.492 e. The summed E-state index contributed by atoms with van der Waals surface area (Å²) in [7, 11) is 0. The van der Waals surface area contributed by atoms with Crippen LogP contribution in [0.25, 0.3) is 0 Å². The van der Waals surface area contributed by atoms with Crippen molar-refractivity contribution in [2.45, 2.75) is 20.0 Å². The van der Waals surface area contributed by atoms with E-state index in [0.717, 1.165) is 17.0 Å². The van der Waals surface area contributed by atoms with Crippen molar-refractivity contribution in [3.63, 3.8) is 0 Å². The summed E-state index contributed by atoms with van der Waals surface area (Å²) in [5.41, 5.74) is 7.58. The van der Waals surface area contributed by atoms with Crippen LogP contribution in [-0.2, 0) is 13.1 Å². The van der Waals surface area contributed by atoms with Gasteiger partial charge in [0, 0.05) is 6.54 Å². The Balaban J connectivity index is 1.86. The predicted molar refractivity (Wildman–Crippen MR) is 71.8 cm³/mol. The summed E-state index contributed by atoms with van der Waals surface area (Å²) < 4.78 is 7.46. The molecule has 0 amide bonds. The molecule has 0 aliphatic heterocycles. The Morgan fingerprint density at radius 3 is 2.61 bits per heavy atom. The lowest BCUT2D eigenvalue weighted by Gasteiger charge is -2.08. The van der Waals surface area contributed by atoms with Gasteiger partial charge in [-0.25, -0.2) is 0 Å². The topological polar surface area (TPSA) is 53.1 Å². The van der Waals surface area contributed by atoms with Gasteiger partial charge < -0.3 is 10.5 Å². The van der Waals surface area contributed by atoms with Crippen LogP contribution < -0.4 is 10.5 Å². The SMILES string of the molecule is Cc1c(Cl)cnn1CCOc1ccc(CN)cc1. The van der Waals surface area contributed by atoms with Crippen LogP contribution in [0.15, 0.2) is 30.5 Å². The Kier molecular flexibility index (Phi) is 4.23. The minimum atomic E-state index is 0.547. The van der Waals surface area contributed by atoms with Gasteiger partial charge in [0.2, 0.25) is 0 Å². The van der Waals surface area contributed by atoms with Crippen LogP contribution in [0.5, 0.6) is 5.75 Å².